The molecule has 0 bridgehead atoms. The van der Waals surface area contributed by atoms with Crippen LogP contribution >= 0.6 is 0 Å². The summed E-state index contributed by atoms with van der Waals surface area (Å²) >= 11 is 0. The van der Waals surface area contributed by atoms with Gasteiger partial charge in [-0.15, -0.1) is 0 Å². The number of hydrogen-bond donors (Lipinski definition) is 1. The Hall–Kier alpha value is -2.10. The van der Waals surface area contributed by atoms with E-state index in [2.05, 4.69) is 10.5 Å². The molecular formula is C14H16N2O2. The Balaban J connectivity index is 2.25. The summed E-state index contributed by atoms with van der Waals surface area (Å²) in [6.07, 6.45) is 0.477. The van der Waals surface area contributed by atoms with Crippen LogP contribution in [-0.2, 0) is 11.3 Å². The van der Waals surface area contributed by atoms with Crippen LogP contribution in [0.25, 0.3) is 11.3 Å². The highest BCUT2D eigenvalue weighted by Gasteiger charge is 2.14. The van der Waals surface area contributed by atoms with E-state index in [0.29, 0.717) is 13.0 Å². The molecule has 0 aliphatic heterocycles. The maximum absolute atomic E-state index is 11.3. The molecule has 0 radical (unpaired) electrons. The van der Waals surface area contributed by atoms with Crippen molar-refractivity contribution in [3.63, 3.8) is 0 Å². The first-order valence-corrected chi connectivity index (χ1v) is 5.99. The quantitative estimate of drug-likeness (QED) is 0.899. The summed E-state index contributed by atoms with van der Waals surface area (Å²) in [4.78, 5) is 11.3. The van der Waals surface area contributed by atoms with E-state index in [4.69, 9.17) is 4.52 Å². The predicted molar refractivity (Wildman–Crippen MR) is 68.8 cm³/mol. The van der Waals surface area contributed by atoms with Gasteiger partial charge in [-0.05, 0) is 6.92 Å². The van der Waals surface area contributed by atoms with E-state index in [-0.39, 0.29) is 5.91 Å². The zero-order valence-corrected chi connectivity index (χ0v) is 10.6. The second-order valence-electron chi connectivity index (χ2n) is 4.06. The highest BCUT2D eigenvalue weighted by atomic mass is 16.5. The lowest BCUT2D eigenvalue weighted by Gasteiger charge is -2.04. The summed E-state index contributed by atoms with van der Waals surface area (Å²) < 4.78 is 5.21. The first-order chi connectivity index (χ1) is 8.72. The van der Waals surface area contributed by atoms with Gasteiger partial charge in [0.2, 0.25) is 5.91 Å². The van der Waals surface area contributed by atoms with Crippen molar-refractivity contribution in [1.29, 1.82) is 0 Å². The summed E-state index contributed by atoms with van der Waals surface area (Å²) in [5.74, 6) is 0.764. The smallest absolute Gasteiger partial charge is 0.219 e. The summed E-state index contributed by atoms with van der Waals surface area (Å²) in [6, 6.07) is 9.81. The normalized spacial score (nSPS) is 10.3. The van der Waals surface area contributed by atoms with Gasteiger partial charge in [0.05, 0.1) is 0 Å². The molecule has 0 fully saturated rings. The Morgan fingerprint density at radius 2 is 2.06 bits per heavy atom. The van der Waals surface area contributed by atoms with Crippen LogP contribution in [0.4, 0.5) is 0 Å². The van der Waals surface area contributed by atoms with Crippen LogP contribution in [0.1, 0.15) is 24.7 Å². The molecule has 2 aromatic rings. The van der Waals surface area contributed by atoms with E-state index in [0.717, 1.165) is 22.6 Å². The third kappa shape index (κ3) is 2.59. The minimum Gasteiger partial charge on any atom is -0.361 e. The molecule has 1 heterocycles. The van der Waals surface area contributed by atoms with Gasteiger partial charge in [0, 0.05) is 24.1 Å². The molecule has 0 spiro atoms. The lowest BCUT2D eigenvalue weighted by Crippen LogP contribution is -2.21. The van der Waals surface area contributed by atoms with Gasteiger partial charge in [0.1, 0.15) is 11.5 Å². The summed E-state index contributed by atoms with van der Waals surface area (Å²) in [5.41, 5.74) is 2.72. The monoisotopic (exact) mass is 244 g/mol. The van der Waals surface area contributed by atoms with Crippen LogP contribution in [0, 0.1) is 6.92 Å². The topological polar surface area (TPSA) is 55.1 Å². The summed E-state index contributed by atoms with van der Waals surface area (Å²) in [6.45, 7) is 4.13. The number of carbonyl (C=O) groups excluding carboxylic acids is 1. The van der Waals surface area contributed by atoms with Crippen molar-refractivity contribution in [1.82, 2.24) is 10.5 Å². The van der Waals surface area contributed by atoms with Gasteiger partial charge in [-0.2, -0.15) is 0 Å². The van der Waals surface area contributed by atoms with E-state index in [9.17, 15) is 4.79 Å². The van der Waals surface area contributed by atoms with Crippen LogP contribution in [0.3, 0.4) is 0 Å². The fraction of sp³-hybridized carbons (Fsp3) is 0.286. The average molecular weight is 244 g/mol. The molecule has 18 heavy (non-hydrogen) atoms. The van der Waals surface area contributed by atoms with Gasteiger partial charge < -0.3 is 9.84 Å². The van der Waals surface area contributed by atoms with Crippen molar-refractivity contribution < 1.29 is 9.32 Å². The third-order valence-corrected chi connectivity index (χ3v) is 2.82. The SMILES string of the molecule is CCC(=O)NCc1c(-c2ccccc2)noc1C. The second-order valence-corrected chi connectivity index (χ2v) is 4.06. The highest BCUT2D eigenvalue weighted by Crippen LogP contribution is 2.24. The number of nitrogens with zero attached hydrogens (tertiary/aromatic N) is 1. The van der Waals surface area contributed by atoms with Gasteiger partial charge in [-0.3, -0.25) is 4.79 Å². The number of nitrogens with one attached hydrogen (secondary N) is 1. The van der Waals surface area contributed by atoms with Crippen molar-refractivity contribution in [2.75, 3.05) is 0 Å². The first-order valence-electron chi connectivity index (χ1n) is 5.99. The van der Waals surface area contributed by atoms with Gasteiger partial charge in [0.25, 0.3) is 0 Å². The van der Waals surface area contributed by atoms with Crippen LogP contribution in [0.5, 0.6) is 0 Å². The number of amides is 1. The first kappa shape index (κ1) is 12.4. The van der Waals surface area contributed by atoms with Crippen LogP contribution < -0.4 is 5.32 Å². The van der Waals surface area contributed by atoms with E-state index < -0.39 is 0 Å². The number of hydrogen-bond acceptors (Lipinski definition) is 3. The molecule has 94 valence electrons. The standard InChI is InChI=1S/C14H16N2O2/c1-3-13(17)15-9-12-10(2)18-16-14(12)11-7-5-4-6-8-11/h4-8H,3,9H2,1-2H3,(H,15,17). The average Bonchev–Trinajstić information content (AvgIpc) is 2.78. The molecule has 0 saturated heterocycles. The molecule has 4 heteroatoms. The van der Waals surface area contributed by atoms with Crippen LogP contribution in [-0.4, -0.2) is 11.1 Å². The van der Waals surface area contributed by atoms with E-state index in [1.807, 2.05) is 44.2 Å². The molecule has 1 N–H and O–H groups in total. The zero-order chi connectivity index (χ0) is 13.0. The van der Waals surface area contributed by atoms with Crippen LogP contribution in [0.15, 0.2) is 34.9 Å². The number of carbonyl (C=O) groups is 1. The van der Waals surface area contributed by atoms with Crippen molar-refractivity contribution in [3.8, 4) is 11.3 Å². The predicted octanol–water partition coefficient (Wildman–Crippen LogP) is 2.68. The molecule has 1 aromatic carbocycles. The zero-order valence-electron chi connectivity index (χ0n) is 10.6. The molecule has 0 unspecified atom stereocenters. The van der Waals surface area contributed by atoms with Crippen molar-refractivity contribution >= 4 is 5.91 Å². The Kier molecular flexibility index (Phi) is 3.77. The molecule has 0 atom stereocenters. The van der Waals surface area contributed by atoms with Gasteiger partial charge in [0.15, 0.2) is 0 Å². The fourth-order valence-electron chi connectivity index (χ4n) is 1.73. The molecule has 0 saturated carbocycles. The number of aryl methyl sites for hydroxylation is 1. The molecule has 1 aromatic heterocycles. The number of benzene rings is 1. The fourth-order valence-corrected chi connectivity index (χ4v) is 1.73. The Morgan fingerprint density at radius 1 is 1.33 bits per heavy atom. The maximum atomic E-state index is 11.3. The Morgan fingerprint density at radius 3 is 2.72 bits per heavy atom. The van der Waals surface area contributed by atoms with Gasteiger partial charge in [-0.1, -0.05) is 42.4 Å². The summed E-state index contributed by atoms with van der Waals surface area (Å²) in [5, 5.41) is 6.91. The Labute approximate surface area is 106 Å². The lowest BCUT2D eigenvalue weighted by atomic mass is 10.1. The highest BCUT2D eigenvalue weighted by molar-refractivity contribution is 5.76. The minimum atomic E-state index is 0.0228. The molecule has 4 nitrogen and oxygen atoms in total. The second kappa shape index (κ2) is 5.49. The van der Waals surface area contributed by atoms with Crippen molar-refractivity contribution in [2.45, 2.75) is 26.8 Å². The van der Waals surface area contributed by atoms with Gasteiger partial charge in [-0.25, -0.2) is 0 Å². The van der Waals surface area contributed by atoms with Crippen LogP contribution in [0.2, 0.25) is 0 Å². The summed E-state index contributed by atoms with van der Waals surface area (Å²) in [7, 11) is 0. The molecule has 1 amide bonds. The molecule has 2 rings (SSSR count). The third-order valence-electron chi connectivity index (χ3n) is 2.82. The van der Waals surface area contributed by atoms with Gasteiger partial charge >= 0.3 is 0 Å². The van der Waals surface area contributed by atoms with Crippen molar-refractivity contribution in [2.24, 2.45) is 0 Å². The number of rotatable bonds is 4. The van der Waals surface area contributed by atoms with E-state index >= 15 is 0 Å². The minimum absolute atomic E-state index is 0.0228. The van der Waals surface area contributed by atoms with E-state index in [1.54, 1.807) is 0 Å². The van der Waals surface area contributed by atoms with E-state index in [1.165, 1.54) is 0 Å². The Bertz CT molecular complexity index is 532. The molecule has 0 aliphatic carbocycles. The number of aromatic nitrogens is 1. The van der Waals surface area contributed by atoms with Crippen molar-refractivity contribution in [3.05, 3.63) is 41.7 Å². The lowest BCUT2D eigenvalue weighted by molar-refractivity contribution is -0.120. The largest absolute Gasteiger partial charge is 0.361 e. The maximum Gasteiger partial charge on any atom is 0.219 e. The molecular weight excluding hydrogens is 228 g/mol. The molecule has 0 aliphatic rings.